The minimum Gasteiger partial charge on any atom is -0.496 e. The van der Waals surface area contributed by atoms with E-state index >= 15 is 0 Å². The highest BCUT2D eigenvalue weighted by atomic mass is 32.2. The first kappa shape index (κ1) is 18.9. The average molecular weight is 406 g/mol. The van der Waals surface area contributed by atoms with E-state index in [4.69, 9.17) is 4.74 Å². The van der Waals surface area contributed by atoms with E-state index in [0.29, 0.717) is 23.0 Å². The number of pyridine rings is 1. The molecule has 0 atom stereocenters. The predicted molar refractivity (Wildman–Crippen MR) is 110 cm³/mol. The van der Waals surface area contributed by atoms with Crippen LogP contribution in [-0.2, 0) is 11.3 Å². The lowest BCUT2D eigenvalue weighted by atomic mass is 10.2. The molecule has 0 spiro atoms. The van der Waals surface area contributed by atoms with Crippen molar-refractivity contribution in [3.8, 4) is 17.1 Å². The Bertz CT molecular complexity index is 1130. The van der Waals surface area contributed by atoms with Gasteiger partial charge in [-0.15, -0.1) is 10.2 Å². The summed E-state index contributed by atoms with van der Waals surface area (Å²) in [7, 11) is 1.61. The summed E-state index contributed by atoms with van der Waals surface area (Å²) in [6, 6.07) is 16.9. The third-order valence-corrected chi connectivity index (χ3v) is 5.08. The molecule has 9 heteroatoms. The molecular formula is C20H18N6O2S. The van der Waals surface area contributed by atoms with E-state index in [1.165, 1.54) is 11.8 Å². The maximum atomic E-state index is 12.3. The Labute approximate surface area is 171 Å². The van der Waals surface area contributed by atoms with Crippen molar-refractivity contribution in [2.45, 2.75) is 11.7 Å². The number of nitrogens with zero attached hydrogens (tertiary/aromatic N) is 5. The zero-order valence-electron chi connectivity index (χ0n) is 15.6. The van der Waals surface area contributed by atoms with Crippen molar-refractivity contribution in [2.75, 3.05) is 12.9 Å². The number of nitrogens with one attached hydrogen (secondary N) is 1. The molecule has 3 heterocycles. The molecule has 0 saturated carbocycles. The molecule has 4 rings (SSSR count). The molecule has 146 valence electrons. The summed E-state index contributed by atoms with van der Waals surface area (Å²) in [5.41, 5.74) is 3.00. The molecule has 1 aromatic carbocycles. The molecule has 1 N–H and O–H groups in total. The number of para-hydroxylation sites is 1. The van der Waals surface area contributed by atoms with Crippen molar-refractivity contribution in [1.82, 2.24) is 30.1 Å². The van der Waals surface area contributed by atoms with Gasteiger partial charge in [-0.2, -0.15) is 9.61 Å². The van der Waals surface area contributed by atoms with Crippen molar-refractivity contribution in [3.63, 3.8) is 0 Å². The molecule has 4 aromatic rings. The lowest BCUT2D eigenvalue weighted by Crippen LogP contribution is -2.24. The SMILES string of the molecule is COc1ccccc1CNC(=O)CSc1nnc2ccc(-c3ccccn3)nn12. The number of thioether (sulfide) groups is 1. The molecule has 0 radical (unpaired) electrons. The minimum atomic E-state index is -0.112. The maximum Gasteiger partial charge on any atom is 0.230 e. The van der Waals surface area contributed by atoms with E-state index in [2.05, 4.69) is 25.6 Å². The Balaban J connectivity index is 1.42. The summed E-state index contributed by atoms with van der Waals surface area (Å²) in [6.45, 7) is 0.395. The second-order valence-electron chi connectivity index (χ2n) is 6.06. The molecule has 0 aliphatic rings. The van der Waals surface area contributed by atoms with Gasteiger partial charge in [0.2, 0.25) is 11.1 Å². The van der Waals surface area contributed by atoms with E-state index in [1.807, 2.05) is 54.6 Å². The highest BCUT2D eigenvalue weighted by Crippen LogP contribution is 2.20. The number of methoxy groups -OCH3 is 1. The van der Waals surface area contributed by atoms with Crippen LogP contribution >= 0.6 is 11.8 Å². The number of rotatable bonds is 7. The third kappa shape index (κ3) is 4.35. The van der Waals surface area contributed by atoms with Gasteiger partial charge < -0.3 is 10.1 Å². The highest BCUT2D eigenvalue weighted by Gasteiger charge is 2.12. The molecule has 8 nitrogen and oxygen atoms in total. The van der Waals surface area contributed by atoms with E-state index in [1.54, 1.807) is 17.8 Å². The van der Waals surface area contributed by atoms with Crippen LogP contribution in [0.5, 0.6) is 5.75 Å². The van der Waals surface area contributed by atoms with Crippen molar-refractivity contribution >= 4 is 23.3 Å². The van der Waals surface area contributed by atoms with Crippen LogP contribution in [0.2, 0.25) is 0 Å². The summed E-state index contributed by atoms with van der Waals surface area (Å²) < 4.78 is 6.93. The smallest absolute Gasteiger partial charge is 0.230 e. The quantitative estimate of drug-likeness (QED) is 0.472. The van der Waals surface area contributed by atoms with Crippen molar-refractivity contribution in [3.05, 3.63) is 66.4 Å². The average Bonchev–Trinajstić information content (AvgIpc) is 3.19. The Morgan fingerprint density at radius 2 is 1.93 bits per heavy atom. The molecule has 0 fully saturated rings. The van der Waals surface area contributed by atoms with E-state index in [0.717, 1.165) is 17.0 Å². The Morgan fingerprint density at radius 1 is 1.07 bits per heavy atom. The van der Waals surface area contributed by atoms with Crippen molar-refractivity contribution < 1.29 is 9.53 Å². The van der Waals surface area contributed by atoms with Gasteiger partial charge in [0.15, 0.2) is 5.65 Å². The number of fused-ring (bicyclic) bond motifs is 1. The molecule has 1 amide bonds. The van der Waals surface area contributed by atoms with Crippen LogP contribution in [0.4, 0.5) is 0 Å². The maximum absolute atomic E-state index is 12.3. The van der Waals surface area contributed by atoms with Gasteiger partial charge in [0.25, 0.3) is 0 Å². The normalized spacial score (nSPS) is 10.8. The van der Waals surface area contributed by atoms with E-state index < -0.39 is 0 Å². The van der Waals surface area contributed by atoms with E-state index in [-0.39, 0.29) is 11.7 Å². The number of amides is 1. The van der Waals surface area contributed by atoms with Crippen LogP contribution in [0.25, 0.3) is 17.0 Å². The zero-order valence-corrected chi connectivity index (χ0v) is 16.5. The van der Waals surface area contributed by atoms with Gasteiger partial charge in [-0.05, 0) is 30.3 Å². The Hall–Kier alpha value is -3.46. The monoisotopic (exact) mass is 406 g/mol. The summed E-state index contributed by atoms with van der Waals surface area (Å²) in [5, 5.41) is 16.2. The van der Waals surface area contributed by atoms with Crippen LogP contribution in [-0.4, -0.2) is 43.6 Å². The number of ether oxygens (including phenoxy) is 1. The summed E-state index contributed by atoms with van der Waals surface area (Å²) in [5.74, 6) is 0.833. The van der Waals surface area contributed by atoms with Gasteiger partial charge >= 0.3 is 0 Å². The Morgan fingerprint density at radius 3 is 2.76 bits per heavy atom. The second-order valence-corrected chi connectivity index (χ2v) is 7.01. The van der Waals surface area contributed by atoms with Crippen LogP contribution in [0.15, 0.2) is 66.0 Å². The fourth-order valence-corrected chi connectivity index (χ4v) is 3.45. The van der Waals surface area contributed by atoms with Gasteiger partial charge in [0, 0.05) is 18.3 Å². The number of carbonyl (C=O) groups is 1. The van der Waals surface area contributed by atoms with E-state index in [9.17, 15) is 4.79 Å². The molecule has 0 aliphatic heterocycles. The fourth-order valence-electron chi connectivity index (χ4n) is 2.73. The number of benzene rings is 1. The summed E-state index contributed by atoms with van der Waals surface area (Å²) >= 11 is 1.28. The molecule has 0 saturated heterocycles. The molecule has 0 unspecified atom stereocenters. The molecule has 0 bridgehead atoms. The predicted octanol–water partition coefficient (Wildman–Crippen LogP) is 2.60. The van der Waals surface area contributed by atoms with Gasteiger partial charge in [-0.1, -0.05) is 36.0 Å². The number of hydrogen-bond acceptors (Lipinski definition) is 7. The van der Waals surface area contributed by atoms with Gasteiger partial charge in [0.1, 0.15) is 11.4 Å². The third-order valence-electron chi connectivity index (χ3n) is 4.16. The van der Waals surface area contributed by atoms with Crippen molar-refractivity contribution in [2.24, 2.45) is 0 Å². The number of hydrogen-bond donors (Lipinski definition) is 1. The number of carbonyl (C=O) groups excluding carboxylic acids is 1. The topological polar surface area (TPSA) is 94.3 Å². The molecule has 29 heavy (non-hydrogen) atoms. The summed E-state index contributed by atoms with van der Waals surface area (Å²) in [4.78, 5) is 16.6. The second kappa shape index (κ2) is 8.70. The first-order valence-electron chi connectivity index (χ1n) is 8.90. The van der Waals surface area contributed by atoms with Crippen molar-refractivity contribution in [1.29, 1.82) is 0 Å². The van der Waals surface area contributed by atoms with Gasteiger partial charge in [0.05, 0.1) is 18.6 Å². The summed E-state index contributed by atoms with van der Waals surface area (Å²) in [6.07, 6.45) is 1.72. The van der Waals surface area contributed by atoms with Crippen LogP contribution in [0, 0.1) is 0 Å². The largest absolute Gasteiger partial charge is 0.496 e. The number of aromatic nitrogens is 5. The first-order valence-corrected chi connectivity index (χ1v) is 9.88. The lowest BCUT2D eigenvalue weighted by Gasteiger charge is -2.09. The zero-order chi connectivity index (χ0) is 20.1. The Kier molecular flexibility index (Phi) is 5.66. The first-order chi connectivity index (χ1) is 14.2. The standard InChI is InChI=1S/C20H18N6O2S/c1-28-17-8-3-2-6-14(17)12-22-19(27)13-29-20-24-23-18-10-9-16(25-26(18)20)15-7-4-5-11-21-15/h2-11H,12-13H2,1H3,(H,22,27). The van der Waals surface area contributed by atoms with Gasteiger partial charge in [-0.3, -0.25) is 9.78 Å². The van der Waals surface area contributed by atoms with Crippen LogP contribution in [0.1, 0.15) is 5.56 Å². The molecule has 0 aliphatic carbocycles. The fraction of sp³-hybridized carbons (Fsp3) is 0.150. The van der Waals surface area contributed by atoms with Crippen LogP contribution < -0.4 is 10.1 Å². The molecular weight excluding hydrogens is 388 g/mol. The molecule has 3 aromatic heterocycles. The van der Waals surface area contributed by atoms with Crippen LogP contribution in [0.3, 0.4) is 0 Å². The highest BCUT2D eigenvalue weighted by molar-refractivity contribution is 7.99. The van der Waals surface area contributed by atoms with Gasteiger partial charge in [-0.25, -0.2) is 0 Å². The lowest BCUT2D eigenvalue weighted by molar-refractivity contribution is -0.118. The minimum absolute atomic E-state index is 0.112.